The van der Waals surface area contributed by atoms with E-state index in [1.54, 1.807) is 42.5 Å². The van der Waals surface area contributed by atoms with Gasteiger partial charge in [0, 0.05) is 10.6 Å². The van der Waals surface area contributed by atoms with Crippen LogP contribution < -0.4 is 11.9 Å². The molecule has 7 nitrogen and oxygen atoms in total. The molecule has 0 aliphatic carbocycles. The van der Waals surface area contributed by atoms with Crippen LogP contribution in [0.2, 0.25) is 5.02 Å². The van der Waals surface area contributed by atoms with Crippen molar-refractivity contribution >= 4 is 25.2 Å². The fourth-order valence-electron chi connectivity index (χ4n) is 2.40. The summed E-state index contributed by atoms with van der Waals surface area (Å²) in [6.45, 7) is 0. The monoisotopic (exact) mass is 386 g/mol. The zero-order valence-corrected chi connectivity index (χ0v) is 15.0. The molecule has 25 heavy (non-hydrogen) atoms. The summed E-state index contributed by atoms with van der Waals surface area (Å²) in [7, 11) is -4.26. The van der Waals surface area contributed by atoms with E-state index >= 15 is 0 Å². The van der Waals surface area contributed by atoms with Crippen LogP contribution in [0.4, 0.5) is 0 Å². The highest BCUT2D eigenvalue weighted by Gasteiger charge is 2.18. The maximum atomic E-state index is 11.3. The first-order valence-corrected chi connectivity index (χ1v) is 9.24. The van der Waals surface area contributed by atoms with E-state index in [0.29, 0.717) is 27.3 Å². The predicted octanol–water partition coefficient (Wildman–Crippen LogP) is 2.80. The Kier molecular flexibility index (Phi) is 7.31. The number of carbonyl (C=O) groups is 1. The van der Waals surface area contributed by atoms with Gasteiger partial charge in [-0.2, -0.15) is 0 Å². The van der Waals surface area contributed by atoms with Crippen LogP contribution >= 0.6 is 19.2 Å². The number of nitrogens with two attached hydrogens (primary N) is 1. The van der Waals surface area contributed by atoms with Gasteiger partial charge < -0.3 is 26.8 Å². The Morgan fingerprint density at radius 1 is 1.16 bits per heavy atom. The van der Waals surface area contributed by atoms with Crippen molar-refractivity contribution in [2.45, 2.75) is 18.6 Å². The molecule has 0 bridgehead atoms. The van der Waals surface area contributed by atoms with E-state index in [-0.39, 0.29) is 12.6 Å². The van der Waals surface area contributed by atoms with Crippen molar-refractivity contribution in [3.63, 3.8) is 0 Å². The molecule has 9 heteroatoms. The van der Waals surface area contributed by atoms with Crippen molar-refractivity contribution in [1.29, 1.82) is 0 Å². The third-order valence-corrected chi connectivity index (χ3v) is 4.51. The first-order chi connectivity index (χ1) is 11.2. The zero-order chi connectivity index (χ0) is 17.9. The van der Waals surface area contributed by atoms with E-state index in [0.717, 1.165) is 0 Å². The molecule has 0 aliphatic rings. The van der Waals surface area contributed by atoms with E-state index in [2.05, 4.69) is 0 Å². The average Bonchev–Trinajstić information content (AvgIpc) is 2.45. The van der Waals surface area contributed by atoms with Gasteiger partial charge in [-0.15, -0.1) is 0 Å². The lowest BCUT2D eigenvalue weighted by molar-refractivity contribution is -0.138. The second kappa shape index (κ2) is 8.58. The van der Waals surface area contributed by atoms with E-state index in [4.69, 9.17) is 22.4 Å². The minimum absolute atomic E-state index is 0. The van der Waals surface area contributed by atoms with Crippen molar-refractivity contribution in [2.24, 2.45) is 5.73 Å². The number of hydrogen-bond donors (Lipinski definition) is 5. The van der Waals surface area contributed by atoms with Gasteiger partial charge in [-0.05, 0) is 29.2 Å². The van der Waals surface area contributed by atoms with Crippen molar-refractivity contribution in [3.05, 3.63) is 58.6 Å². The second-order valence-corrected chi connectivity index (χ2v) is 7.54. The molecular formula is C16H20ClN2O5P. The third-order valence-electron chi connectivity index (χ3n) is 3.40. The summed E-state index contributed by atoms with van der Waals surface area (Å²) < 4.78 is 11.3. The molecule has 0 aliphatic heterocycles. The molecule has 2 rings (SSSR count). The van der Waals surface area contributed by atoms with Gasteiger partial charge in [-0.1, -0.05) is 48.0 Å². The van der Waals surface area contributed by atoms with E-state index in [1.807, 2.05) is 0 Å². The molecule has 136 valence electrons. The van der Waals surface area contributed by atoms with Crippen LogP contribution in [0.15, 0.2) is 42.5 Å². The lowest BCUT2D eigenvalue weighted by Gasteiger charge is -2.13. The van der Waals surface area contributed by atoms with Crippen molar-refractivity contribution in [3.8, 4) is 11.1 Å². The summed E-state index contributed by atoms with van der Waals surface area (Å²) >= 11 is 6.18. The number of aliphatic carboxylic acids is 1. The molecule has 0 amide bonds. The summed E-state index contributed by atoms with van der Waals surface area (Å²) in [6, 6.07) is 10.9. The van der Waals surface area contributed by atoms with Crippen LogP contribution in [0, 0.1) is 0 Å². The highest BCUT2D eigenvalue weighted by Crippen LogP contribution is 2.40. The molecule has 0 radical (unpaired) electrons. The van der Waals surface area contributed by atoms with Crippen LogP contribution in [0.3, 0.4) is 0 Å². The van der Waals surface area contributed by atoms with E-state index < -0.39 is 25.8 Å². The minimum atomic E-state index is -4.26. The minimum Gasteiger partial charge on any atom is -0.480 e. The molecule has 0 aromatic heterocycles. The Morgan fingerprint density at radius 3 is 2.32 bits per heavy atom. The quantitative estimate of drug-likeness (QED) is 0.478. The molecule has 0 spiro atoms. The van der Waals surface area contributed by atoms with Crippen LogP contribution in [-0.2, 0) is 21.9 Å². The third kappa shape index (κ3) is 6.25. The standard InChI is InChI=1S/C16H17ClNO5P.H3N/c17-14-4-2-1-3-13(14)12-6-10(8-15(18)16(19)20)5-11(7-12)9-24(21,22)23;/h1-7,15H,8-9,18H2,(H,19,20)(H2,21,22,23);1H3. The number of benzene rings is 2. The van der Waals surface area contributed by atoms with Gasteiger partial charge in [0.1, 0.15) is 6.04 Å². The smallest absolute Gasteiger partial charge is 0.329 e. The molecular weight excluding hydrogens is 367 g/mol. The largest absolute Gasteiger partial charge is 0.480 e. The molecule has 0 fully saturated rings. The first-order valence-electron chi connectivity index (χ1n) is 7.06. The Bertz CT molecular complexity index is 809. The lowest BCUT2D eigenvalue weighted by atomic mass is 9.97. The molecule has 0 saturated heterocycles. The number of hydrogen-bond acceptors (Lipinski definition) is 4. The fraction of sp³-hybridized carbons (Fsp3) is 0.188. The Labute approximate surface area is 150 Å². The van der Waals surface area contributed by atoms with Crippen LogP contribution in [0.5, 0.6) is 0 Å². The Morgan fingerprint density at radius 2 is 1.76 bits per heavy atom. The highest BCUT2D eigenvalue weighted by molar-refractivity contribution is 7.50. The summed E-state index contributed by atoms with van der Waals surface area (Å²) in [5, 5.41) is 9.44. The number of carboxylic acid groups (broad SMARTS) is 1. The lowest BCUT2D eigenvalue weighted by Crippen LogP contribution is -2.32. The Hall–Kier alpha value is -1.73. The van der Waals surface area contributed by atoms with Gasteiger partial charge in [-0.3, -0.25) is 9.36 Å². The van der Waals surface area contributed by atoms with Crippen molar-refractivity contribution in [2.75, 3.05) is 0 Å². The van der Waals surface area contributed by atoms with Crippen LogP contribution in [0.25, 0.3) is 11.1 Å². The molecule has 0 saturated carbocycles. The summed E-state index contributed by atoms with van der Waals surface area (Å²) in [6.07, 6.45) is -0.400. The number of halogens is 1. The fourth-order valence-corrected chi connectivity index (χ4v) is 3.30. The number of rotatable bonds is 6. The van der Waals surface area contributed by atoms with E-state index in [1.165, 1.54) is 0 Å². The van der Waals surface area contributed by atoms with Gasteiger partial charge >= 0.3 is 13.6 Å². The molecule has 1 atom stereocenters. The predicted molar refractivity (Wildman–Crippen MR) is 97.0 cm³/mol. The first kappa shape index (κ1) is 21.3. The summed E-state index contributed by atoms with van der Waals surface area (Å²) in [4.78, 5) is 29.4. The van der Waals surface area contributed by atoms with Gasteiger partial charge in [0.15, 0.2) is 0 Å². The van der Waals surface area contributed by atoms with Gasteiger partial charge in [0.25, 0.3) is 0 Å². The molecule has 2 aromatic carbocycles. The maximum Gasteiger partial charge on any atom is 0.329 e. The van der Waals surface area contributed by atoms with Crippen molar-refractivity contribution < 1.29 is 24.3 Å². The topological polar surface area (TPSA) is 156 Å². The van der Waals surface area contributed by atoms with Crippen LogP contribution in [-0.4, -0.2) is 26.9 Å². The number of carboxylic acids is 1. The van der Waals surface area contributed by atoms with E-state index in [9.17, 15) is 19.1 Å². The molecule has 1 unspecified atom stereocenters. The summed E-state index contributed by atoms with van der Waals surface area (Å²) in [5.41, 5.74) is 7.88. The van der Waals surface area contributed by atoms with Gasteiger partial charge in [0.05, 0.1) is 6.16 Å². The summed E-state index contributed by atoms with van der Waals surface area (Å²) in [5.74, 6) is -1.14. The Balaban J connectivity index is 0.00000312. The highest BCUT2D eigenvalue weighted by atomic mass is 35.5. The average molecular weight is 387 g/mol. The van der Waals surface area contributed by atoms with Gasteiger partial charge in [0.2, 0.25) is 0 Å². The van der Waals surface area contributed by atoms with Crippen molar-refractivity contribution in [1.82, 2.24) is 6.15 Å². The molecule has 2 aromatic rings. The molecule has 0 heterocycles. The SMILES string of the molecule is N.NC(Cc1cc(CP(=O)(O)O)cc(-c2ccccc2Cl)c1)C(=O)O. The zero-order valence-electron chi connectivity index (χ0n) is 13.3. The maximum absolute atomic E-state index is 11.3. The van der Waals surface area contributed by atoms with Gasteiger partial charge in [-0.25, -0.2) is 0 Å². The van der Waals surface area contributed by atoms with Crippen LogP contribution in [0.1, 0.15) is 11.1 Å². The normalized spacial score (nSPS) is 12.3. The second-order valence-electron chi connectivity index (χ2n) is 5.49. The molecule has 8 N–H and O–H groups in total.